The summed E-state index contributed by atoms with van der Waals surface area (Å²) in [5.41, 5.74) is 2.60. The van der Waals surface area contributed by atoms with Gasteiger partial charge in [0.2, 0.25) is 0 Å². The average Bonchev–Trinajstić information content (AvgIpc) is 2.38. The third-order valence-corrected chi connectivity index (χ3v) is 4.42. The predicted molar refractivity (Wildman–Crippen MR) is 75.8 cm³/mol. The quantitative estimate of drug-likeness (QED) is 0.373. The second-order valence-electron chi connectivity index (χ2n) is 3.86. The van der Waals surface area contributed by atoms with Gasteiger partial charge in [0.05, 0.1) is 0 Å². The first-order chi connectivity index (χ1) is 8.24. The lowest BCUT2D eigenvalue weighted by atomic mass is 10.3. The van der Waals surface area contributed by atoms with Gasteiger partial charge in [0.25, 0.3) is 0 Å². The number of aromatic nitrogens is 2. The van der Waals surface area contributed by atoms with Crippen molar-refractivity contribution in [3.63, 3.8) is 0 Å². The molecular weight excluding hydrogens is 254 g/mol. The smallest absolute Gasteiger partial charge is 0.191 e. The van der Waals surface area contributed by atoms with Gasteiger partial charge in [-0.1, -0.05) is 11.8 Å². The minimum atomic E-state index is 0.504. The van der Waals surface area contributed by atoms with E-state index in [1.807, 2.05) is 24.1 Å². The number of nitrogens with one attached hydrogen (secondary N) is 1. The van der Waals surface area contributed by atoms with Crippen LogP contribution in [0, 0.1) is 0 Å². The third-order valence-electron chi connectivity index (χ3n) is 2.68. The predicted octanol–water partition coefficient (Wildman–Crippen LogP) is 1.43. The van der Waals surface area contributed by atoms with E-state index in [4.69, 9.17) is 5.84 Å². The maximum Gasteiger partial charge on any atom is 0.191 e. The molecule has 0 aromatic carbocycles. The maximum absolute atomic E-state index is 5.43. The van der Waals surface area contributed by atoms with Crippen molar-refractivity contribution in [1.82, 2.24) is 9.97 Å². The van der Waals surface area contributed by atoms with E-state index >= 15 is 0 Å². The first-order valence-electron chi connectivity index (χ1n) is 5.48. The molecule has 0 bridgehead atoms. The summed E-state index contributed by atoms with van der Waals surface area (Å²) >= 11 is 3.52. The van der Waals surface area contributed by atoms with Crippen molar-refractivity contribution < 1.29 is 0 Å². The summed E-state index contributed by atoms with van der Waals surface area (Å²) in [5, 5.41) is 0.751. The molecule has 7 heteroatoms. The molecule has 1 saturated heterocycles. The summed E-state index contributed by atoms with van der Waals surface area (Å²) in [5.74, 6) is 9.36. The topological polar surface area (TPSA) is 67.1 Å². The zero-order valence-corrected chi connectivity index (χ0v) is 11.6. The average molecular weight is 271 g/mol. The monoisotopic (exact) mass is 271 g/mol. The number of hydrazine groups is 1. The number of nitrogens with two attached hydrogens (primary N) is 1. The van der Waals surface area contributed by atoms with Crippen LogP contribution in [0.15, 0.2) is 11.2 Å². The summed E-state index contributed by atoms with van der Waals surface area (Å²) in [6.07, 6.45) is 1.97. The van der Waals surface area contributed by atoms with Gasteiger partial charge in [-0.25, -0.2) is 15.8 Å². The van der Waals surface area contributed by atoms with Crippen LogP contribution in [0.3, 0.4) is 0 Å². The fraction of sp³-hybridized carbons (Fsp3) is 0.600. The molecular formula is C10H17N5S2. The third kappa shape index (κ3) is 2.97. The molecule has 1 aromatic heterocycles. The first-order valence-corrected chi connectivity index (χ1v) is 7.86. The number of nitrogen functional groups attached to an aromatic ring is 1. The Labute approximate surface area is 110 Å². The highest BCUT2D eigenvalue weighted by Gasteiger charge is 2.21. The van der Waals surface area contributed by atoms with Crippen molar-refractivity contribution in [3.8, 4) is 0 Å². The molecule has 1 aromatic rings. The molecule has 94 valence electrons. The van der Waals surface area contributed by atoms with Gasteiger partial charge in [0.15, 0.2) is 5.16 Å². The highest BCUT2D eigenvalue weighted by Crippen LogP contribution is 2.25. The zero-order chi connectivity index (χ0) is 12.3. The van der Waals surface area contributed by atoms with E-state index in [1.54, 1.807) is 0 Å². The van der Waals surface area contributed by atoms with Gasteiger partial charge in [-0.3, -0.25) is 0 Å². The lowest BCUT2D eigenvalue weighted by Gasteiger charge is -2.34. The van der Waals surface area contributed by atoms with Crippen LogP contribution in [0.4, 0.5) is 11.6 Å². The van der Waals surface area contributed by atoms with Crippen LogP contribution in [0.2, 0.25) is 0 Å². The fourth-order valence-electron chi connectivity index (χ4n) is 1.79. The number of thioether (sulfide) groups is 2. The molecule has 0 aliphatic carbocycles. The molecule has 1 aliphatic heterocycles. The Bertz CT molecular complexity index is 365. The van der Waals surface area contributed by atoms with Crippen LogP contribution in [0.1, 0.15) is 6.92 Å². The van der Waals surface area contributed by atoms with Crippen LogP contribution in [-0.2, 0) is 0 Å². The molecule has 2 heterocycles. The fourth-order valence-corrected chi connectivity index (χ4v) is 3.18. The Kier molecular flexibility index (Phi) is 4.36. The van der Waals surface area contributed by atoms with E-state index in [0.717, 1.165) is 29.0 Å². The Hall–Kier alpha value is -0.660. The lowest BCUT2D eigenvalue weighted by Crippen LogP contribution is -2.41. The number of nitrogens with zero attached hydrogens (tertiary/aromatic N) is 3. The van der Waals surface area contributed by atoms with Gasteiger partial charge in [-0.15, -0.1) is 0 Å². The number of anilines is 2. The molecule has 2 rings (SSSR count). The molecule has 1 unspecified atom stereocenters. The molecule has 0 spiro atoms. The van der Waals surface area contributed by atoms with Gasteiger partial charge in [0, 0.05) is 30.2 Å². The van der Waals surface area contributed by atoms with Crippen molar-refractivity contribution in [2.45, 2.75) is 18.1 Å². The number of rotatable bonds is 3. The molecule has 0 amide bonds. The molecule has 1 aliphatic rings. The van der Waals surface area contributed by atoms with E-state index in [2.05, 4.69) is 27.2 Å². The van der Waals surface area contributed by atoms with E-state index in [0.29, 0.717) is 11.9 Å². The summed E-state index contributed by atoms with van der Waals surface area (Å²) < 4.78 is 0. The summed E-state index contributed by atoms with van der Waals surface area (Å²) in [7, 11) is 0. The SMILES string of the molecule is CSc1nc(NN)cc(N2CCSCC2C)n1. The Morgan fingerprint density at radius 3 is 3.06 bits per heavy atom. The molecule has 1 fully saturated rings. The summed E-state index contributed by atoms with van der Waals surface area (Å²) in [6.45, 7) is 3.25. The van der Waals surface area contributed by atoms with Gasteiger partial charge in [0.1, 0.15) is 11.6 Å². The van der Waals surface area contributed by atoms with Crippen molar-refractivity contribution in [2.75, 3.05) is 34.6 Å². The van der Waals surface area contributed by atoms with E-state index in [1.165, 1.54) is 11.8 Å². The largest absolute Gasteiger partial charge is 0.352 e. The van der Waals surface area contributed by atoms with E-state index in [-0.39, 0.29) is 0 Å². The van der Waals surface area contributed by atoms with Gasteiger partial charge in [-0.05, 0) is 13.2 Å². The molecule has 0 saturated carbocycles. The highest BCUT2D eigenvalue weighted by atomic mass is 32.2. The molecule has 17 heavy (non-hydrogen) atoms. The first kappa shape index (κ1) is 12.8. The van der Waals surface area contributed by atoms with Crippen molar-refractivity contribution in [1.29, 1.82) is 0 Å². The van der Waals surface area contributed by atoms with Gasteiger partial charge >= 0.3 is 0 Å². The molecule has 0 radical (unpaired) electrons. The van der Waals surface area contributed by atoms with Crippen LogP contribution in [-0.4, -0.2) is 40.3 Å². The Morgan fingerprint density at radius 1 is 1.59 bits per heavy atom. The second-order valence-corrected chi connectivity index (χ2v) is 5.78. The second kappa shape index (κ2) is 5.79. The maximum atomic E-state index is 5.43. The minimum absolute atomic E-state index is 0.504. The van der Waals surface area contributed by atoms with E-state index < -0.39 is 0 Å². The summed E-state index contributed by atoms with van der Waals surface area (Å²) in [4.78, 5) is 11.1. The Balaban J connectivity index is 2.29. The highest BCUT2D eigenvalue weighted by molar-refractivity contribution is 7.99. The zero-order valence-electron chi connectivity index (χ0n) is 10.0. The number of hydrogen-bond donors (Lipinski definition) is 2. The minimum Gasteiger partial charge on any atom is -0.352 e. The number of hydrogen-bond acceptors (Lipinski definition) is 7. The van der Waals surface area contributed by atoms with Crippen molar-refractivity contribution >= 4 is 35.2 Å². The van der Waals surface area contributed by atoms with Gasteiger partial charge in [-0.2, -0.15) is 11.8 Å². The Morgan fingerprint density at radius 2 is 2.41 bits per heavy atom. The van der Waals surface area contributed by atoms with Crippen molar-refractivity contribution in [2.24, 2.45) is 5.84 Å². The lowest BCUT2D eigenvalue weighted by molar-refractivity contribution is 0.682. The van der Waals surface area contributed by atoms with Crippen LogP contribution < -0.4 is 16.2 Å². The molecule has 3 N–H and O–H groups in total. The van der Waals surface area contributed by atoms with Crippen LogP contribution in [0.5, 0.6) is 0 Å². The molecule has 5 nitrogen and oxygen atoms in total. The summed E-state index contributed by atoms with van der Waals surface area (Å²) in [6, 6.07) is 2.41. The molecule has 1 atom stereocenters. The van der Waals surface area contributed by atoms with Crippen molar-refractivity contribution in [3.05, 3.63) is 6.07 Å². The normalized spacial score (nSPS) is 20.4. The standard InChI is InChI=1S/C10H17N5S2/c1-7-6-17-4-3-15(7)9-5-8(14-11)12-10(13-9)16-2/h5,7H,3-4,6,11H2,1-2H3,(H,12,13,14). The van der Waals surface area contributed by atoms with Crippen LogP contribution in [0.25, 0.3) is 0 Å². The van der Waals surface area contributed by atoms with Crippen LogP contribution >= 0.6 is 23.5 Å². The van der Waals surface area contributed by atoms with E-state index in [9.17, 15) is 0 Å². The van der Waals surface area contributed by atoms with Gasteiger partial charge < -0.3 is 10.3 Å².